The fourth-order valence-corrected chi connectivity index (χ4v) is 2.98. The molecule has 6 heteroatoms. The molecule has 2 aliphatic rings. The fourth-order valence-electron chi connectivity index (χ4n) is 2.98. The lowest BCUT2D eigenvalue weighted by Gasteiger charge is -2.28. The summed E-state index contributed by atoms with van der Waals surface area (Å²) >= 11 is 0. The molecule has 0 spiro atoms. The summed E-state index contributed by atoms with van der Waals surface area (Å²) in [6.07, 6.45) is 4.24. The summed E-state index contributed by atoms with van der Waals surface area (Å²) in [7, 11) is 0. The van der Waals surface area contributed by atoms with Gasteiger partial charge in [-0.15, -0.1) is 0 Å². The first-order chi connectivity index (χ1) is 10.8. The summed E-state index contributed by atoms with van der Waals surface area (Å²) in [6.45, 7) is 6.92. The molecule has 120 valence electrons. The van der Waals surface area contributed by atoms with Crippen molar-refractivity contribution in [2.75, 3.05) is 45.9 Å². The number of nitrogens with one attached hydrogen (secondary N) is 1. The Morgan fingerprint density at radius 1 is 1.32 bits per heavy atom. The maximum absolute atomic E-state index is 12.1. The summed E-state index contributed by atoms with van der Waals surface area (Å²) in [5.41, 5.74) is 1.15. The molecule has 1 aromatic rings. The van der Waals surface area contributed by atoms with Crippen LogP contribution in [0.3, 0.4) is 0 Å². The van der Waals surface area contributed by atoms with Gasteiger partial charge in [-0.2, -0.15) is 0 Å². The molecule has 0 saturated carbocycles. The van der Waals surface area contributed by atoms with Crippen LogP contribution < -0.4 is 5.32 Å². The molecule has 0 aliphatic carbocycles. The van der Waals surface area contributed by atoms with E-state index >= 15 is 0 Å². The molecule has 1 atom stereocenters. The summed E-state index contributed by atoms with van der Waals surface area (Å²) in [5, 5.41) is 3.46. The van der Waals surface area contributed by atoms with Gasteiger partial charge in [0.15, 0.2) is 0 Å². The Morgan fingerprint density at radius 3 is 2.95 bits per heavy atom. The third-order valence-corrected chi connectivity index (χ3v) is 4.32. The van der Waals surface area contributed by atoms with Gasteiger partial charge in [0, 0.05) is 64.1 Å². The first-order valence-corrected chi connectivity index (χ1v) is 8.01. The zero-order valence-corrected chi connectivity index (χ0v) is 12.9. The second-order valence-corrected chi connectivity index (χ2v) is 5.94. The zero-order chi connectivity index (χ0) is 15.2. The summed E-state index contributed by atoms with van der Waals surface area (Å²) in [4.78, 5) is 20.6. The summed E-state index contributed by atoms with van der Waals surface area (Å²) in [5.74, 6) is 0.261. The Morgan fingerprint density at radius 2 is 2.18 bits per heavy atom. The molecule has 1 amide bonds. The number of pyridine rings is 1. The Hall–Kier alpha value is -1.50. The monoisotopic (exact) mass is 304 g/mol. The molecule has 2 saturated heterocycles. The Bertz CT molecular complexity index is 476. The lowest BCUT2D eigenvalue weighted by atomic mass is 10.2. The third-order valence-electron chi connectivity index (χ3n) is 4.32. The van der Waals surface area contributed by atoms with E-state index in [2.05, 4.69) is 15.2 Å². The molecule has 6 nitrogen and oxygen atoms in total. The maximum Gasteiger partial charge on any atom is 0.224 e. The van der Waals surface area contributed by atoms with Crippen molar-refractivity contribution in [2.24, 2.45) is 0 Å². The minimum absolute atomic E-state index is 0.248. The van der Waals surface area contributed by atoms with Crippen molar-refractivity contribution in [2.45, 2.75) is 19.0 Å². The molecule has 2 aliphatic heterocycles. The number of rotatable bonds is 6. The number of nitrogens with zero attached hydrogens (tertiary/aromatic N) is 3. The van der Waals surface area contributed by atoms with E-state index in [-0.39, 0.29) is 11.9 Å². The van der Waals surface area contributed by atoms with Gasteiger partial charge in [0.2, 0.25) is 5.91 Å². The first kappa shape index (κ1) is 15.4. The van der Waals surface area contributed by atoms with Crippen LogP contribution in [0.25, 0.3) is 0 Å². The molecule has 22 heavy (non-hydrogen) atoms. The normalized spacial score (nSPS) is 23.2. The molecule has 3 heterocycles. The van der Waals surface area contributed by atoms with E-state index in [0.717, 1.165) is 58.0 Å². The van der Waals surface area contributed by atoms with Crippen molar-refractivity contribution in [3.63, 3.8) is 0 Å². The first-order valence-electron chi connectivity index (χ1n) is 8.01. The van der Waals surface area contributed by atoms with E-state index in [1.807, 2.05) is 23.2 Å². The number of amides is 1. The van der Waals surface area contributed by atoms with Crippen LogP contribution >= 0.6 is 0 Å². The molecule has 0 radical (unpaired) electrons. The van der Waals surface area contributed by atoms with Gasteiger partial charge in [0.1, 0.15) is 0 Å². The van der Waals surface area contributed by atoms with Crippen LogP contribution in [0.15, 0.2) is 24.5 Å². The number of ether oxygens (including phenoxy) is 1. The maximum atomic E-state index is 12.1. The predicted molar refractivity (Wildman–Crippen MR) is 83.3 cm³/mol. The number of aromatic nitrogens is 1. The van der Waals surface area contributed by atoms with Gasteiger partial charge in [-0.05, 0) is 11.6 Å². The predicted octanol–water partition coefficient (Wildman–Crippen LogP) is 0.104. The number of morpholine rings is 1. The molecular formula is C16H24N4O2. The van der Waals surface area contributed by atoms with Gasteiger partial charge in [0.25, 0.3) is 0 Å². The molecular weight excluding hydrogens is 280 g/mol. The van der Waals surface area contributed by atoms with Crippen molar-refractivity contribution >= 4 is 5.91 Å². The highest BCUT2D eigenvalue weighted by molar-refractivity contribution is 5.79. The van der Waals surface area contributed by atoms with Gasteiger partial charge in [-0.1, -0.05) is 6.07 Å². The van der Waals surface area contributed by atoms with Gasteiger partial charge >= 0.3 is 0 Å². The van der Waals surface area contributed by atoms with E-state index in [1.165, 1.54) is 0 Å². The van der Waals surface area contributed by atoms with Gasteiger partial charge in [-0.3, -0.25) is 14.7 Å². The van der Waals surface area contributed by atoms with Crippen LogP contribution in [0.5, 0.6) is 0 Å². The van der Waals surface area contributed by atoms with E-state index in [1.54, 1.807) is 6.20 Å². The molecule has 0 bridgehead atoms. The van der Waals surface area contributed by atoms with Crippen LogP contribution in [0, 0.1) is 0 Å². The minimum atomic E-state index is 0.248. The highest BCUT2D eigenvalue weighted by Gasteiger charge is 2.29. The van der Waals surface area contributed by atoms with Crippen LogP contribution in [0.4, 0.5) is 0 Å². The van der Waals surface area contributed by atoms with Gasteiger partial charge in [0.05, 0.1) is 13.2 Å². The van der Waals surface area contributed by atoms with E-state index < -0.39 is 0 Å². The second kappa shape index (κ2) is 7.67. The standard InChI is InChI=1S/C16H24N4O2/c21-16-10-15(18-12-14-2-1-3-17-11-14)13-20(16)5-4-19-6-8-22-9-7-19/h1-3,11,15,18H,4-10,12-13H2/t15-/m1/s1. The molecule has 1 N–H and O–H groups in total. The second-order valence-electron chi connectivity index (χ2n) is 5.94. The quantitative estimate of drug-likeness (QED) is 0.808. The number of carbonyl (C=O) groups is 1. The minimum Gasteiger partial charge on any atom is -0.379 e. The van der Waals surface area contributed by atoms with E-state index in [0.29, 0.717) is 6.42 Å². The van der Waals surface area contributed by atoms with Crippen LogP contribution in [0.1, 0.15) is 12.0 Å². The van der Waals surface area contributed by atoms with Crippen LogP contribution in [0.2, 0.25) is 0 Å². The van der Waals surface area contributed by atoms with E-state index in [4.69, 9.17) is 4.74 Å². The van der Waals surface area contributed by atoms with Crippen molar-refractivity contribution in [3.05, 3.63) is 30.1 Å². The van der Waals surface area contributed by atoms with E-state index in [9.17, 15) is 4.79 Å². The number of likely N-dealkylation sites (tertiary alicyclic amines) is 1. The third kappa shape index (κ3) is 4.25. The fraction of sp³-hybridized carbons (Fsp3) is 0.625. The Labute approximate surface area is 131 Å². The number of hydrogen-bond acceptors (Lipinski definition) is 5. The largest absolute Gasteiger partial charge is 0.379 e. The van der Waals surface area contributed by atoms with Gasteiger partial charge < -0.3 is 15.0 Å². The smallest absolute Gasteiger partial charge is 0.224 e. The SMILES string of the molecule is O=C1C[C@@H](NCc2cccnc2)CN1CCN1CCOCC1. The highest BCUT2D eigenvalue weighted by Crippen LogP contribution is 2.12. The Kier molecular flexibility index (Phi) is 5.37. The average molecular weight is 304 g/mol. The molecule has 2 fully saturated rings. The topological polar surface area (TPSA) is 57.7 Å². The number of carbonyl (C=O) groups excluding carboxylic acids is 1. The molecule has 0 aromatic carbocycles. The summed E-state index contributed by atoms with van der Waals surface area (Å²) < 4.78 is 5.35. The van der Waals surface area contributed by atoms with Crippen molar-refractivity contribution in [1.29, 1.82) is 0 Å². The Balaban J connectivity index is 1.40. The summed E-state index contributed by atoms with van der Waals surface area (Å²) in [6, 6.07) is 4.23. The zero-order valence-electron chi connectivity index (χ0n) is 12.9. The van der Waals surface area contributed by atoms with Crippen LogP contribution in [-0.4, -0.2) is 72.7 Å². The lowest BCUT2D eigenvalue weighted by molar-refractivity contribution is -0.128. The number of hydrogen-bond donors (Lipinski definition) is 1. The molecule has 1 aromatic heterocycles. The van der Waals surface area contributed by atoms with Crippen LogP contribution in [-0.2, 0) is 16.1 Å². The van der Waals surface area contributed by atoms with Crippen molar-refractivity contribution < 1.29 is 9.53 Å². The lowest BCUT2D eigenvalue weighted by Crippen LogP contribution is -2.42. The average Bonchev–Trinajstić information content (AvgIpc) is 2.93. The highest BCUT2D eigenvalue weighted by atomic mass is 16.5. The van der Waals surface area contributed by atoms with Crippen molar-refractivity contribution in [1.82, 2.24) is 20.1 Å². The van der Waals surface area contributed by atoms with Gasteiger partial charge in [-0.25, -0.2) is 0 Å². The molecule has 3 rings (SSSR count). The molecule has 0 unspecified atom stereocenters. The van der Waals surface area contributed by atoms with Crippen molar-refractivity contribution in [3.8, 4) is 0 Å².